The molecule has 3 aromatic rings. The largest absolute Gasteiger partial charge is 0.493 e. The van der Waals surface area contributed by atoms with Crippen molar-refractivity contribution in [3.8, 4) is 17.0 Å². The van der Waals surface area contributed by atoms with Gasteiger partial charge >= 0.3 is 0 Å². The summed E-state index contributed by atoms with van der Waals surface area (Å²) in [5.74, 6) is 0.106. The van der Waals surface area contributed by atoms with Gasteiger partial charge in [0.1, 0.15) is 11.6 Å². The lowest BCUT2D eigenvalue weighted by Gasteiger charge is -2.02. The highest BCUT2D eigenvalue weighted by molar-refractivity contribution is 7.14. The molecule has 1 aliphatic heterocycles. The van der Waals surface area contributed by atoms with Crippen LogP contribution in [0, 0.1) is 5.82 Å². The molecule has 0 aliphatic carbocycles. The van der Waals surface area contributed by atoms with Crippen LogP contribution in [0.4, 0.5) is 9.52 Å². The molecule has 2 heterocycles. The number of thiazole rings is 1. The number of hydrogen-bond acceptors (Lipinski definition) is 4. The molecule has 24 heavy (non-hydrogen) atoms. The average Bonchev–Trinajstić information content (AvgIpc) is 3.23. The molecule has 0 fully saturated rings. The molecule has 4 rings (SSSR count). The zero-order valence-electron chi connectivity index (χ0n) is 12.6. The molecule has 0 saturated heterocycles. The number of halogens is 1. The molecule has 6 heteroatoms. The summed E-state index contributed by atoms with van der Waals surface area (Å²) in [6.07, 6.45) is 0.899. The smallest absolute Gasteiger partial charge is 0.257 e. The van der Waals surface area contributed by atoms with E-state index in [0.29, 0.717) is 11.7 Å². The lowest BCUT2D eigenvalue weighted by molar-refractivity contribution is 0.102. The number of ether oxygens (including phenoxy) is 1. The Morgan fingerprint density at radius 1 is 1.25 bits per heavy atom. The van der Waals surface area contributed by atoms with Gasteiger partial charge in [-0.05, 0) is 42.0 Å². The molecule has 4 nitrogen and oxygen atoms in total. The van der Waals surface area contributed by atoms with Crippen molar-refractivity contribution in [3.63, 3.8) is 0 Å². The van der Waals surface area contributed by atoms with Gasteiger partial charge in [0.25, 0.3) is 5.91 Å². The summed E-state index contributed by atoms with van der Waals surface area (Å²) in [7, 11) is 0. The van der Waals surface area contributed by atoms with E-state index in [2.05, 4.69) is 16.4 Å². The number of benzene rings is 2. The molecule has 0 bridgehead atoms. The number of carbonyl (C=O) groups is 1. The maximum absolute atomic E-state index is 13.2. The van der Waals surface area contributed by atoms with Crippen molar-refractivity contribution in [2.75, 3.05) is 11.9 Å². The highest BCUT2D eigenvalue weighted by atomic mass is 32.1. The Hall–Kier alpha value is -2.73. The fourth-order valence-corrected chi connectivity index (χ4v) is 3.32. The number of hydrogen-bond donors (Lipinski definition) is 1. The van der Waals surface area contributed by atoms with E-state index in [1.807, 2.05) is 17.5 Å². The second kappa shape index (κ2) is 6.05. The number of anilines is 1. The van der Waals surface area contributed by atoms with Crippen LogP contribution < -0.4 is 10.1 Å². The minimum atomic E-state index is -0.442. The van der Waals surface area contributed by atoms with Gasteiger partial charge in [0, 0.05) is 22.9 Å². The van der Waals surface area contributed by atoms with E-state index >= 15 is 0 Å². The second-order valence-electron chi connectivity index (χ2n) is 5.42. The van der Waals surface area contributed by atoms with Crippen molar-refractivity contribution in [2.45, 2.75) is 6.42 Å². The number of amides is 1. The summed E-state index contributed by atoms with van der Waals surface area (Å²) < 4.78 is 18.7. The minimum Gasteiger partial charge on any atom is -0.493 e. The molecule has 1 aliphatic rings. The monoisotopic (exact) mass is 340 g/mol. The van der Waals surface area contributed by atoms with Crippen LogP contribution in [0.25, 0.3) is 11.3 Å². The normalized spacial score (nSPS) is 12.5. The van der Waals surface area contributed by atoms with Crippen LogP contribution in [-0.4, -0.2) is 17.5 Å². The second-order valence-corrected chi connectivity index (χ2v) is 6.28. The third-order valence-corrected chi connectivity index (χ3v) is 4.55. The minimum absolute atomic E-state index is 0.265. The van der Waals surface area contributed by atoms with Crippen LogP contribution in [0.5, 0.6) is 5.75 Å². The predicted molar refractivity (Wildman–Crippen MR) is 91.1 cm³/mol. The highest BCUT2D eigenvalue weighted by Crippen LogP contribution is 2.32. The van der Waals surface area contributed by atoms with Crippen molar-refractivity contribution in [3.05, 3.63) is 64.8 Å². The van der Waals surface area contributed by atoms with Gasteiger partial charge in [-0.3, -0.25) is 10.1 Å². The van der Waals surface area contributed by atoms with Gasteiger partial charge in [-0.1, -0.05) is 6.07 Å². The van der Waals surface area contributed by atoms with E-state index in [-0.39, 0.29) is 11.5 Å². The van der Waals surface area contributed by atoms with Crippen LogP contribution in [0.15, 0.2) is 47.8 Å². The van der Waals surface area contributed by atoms with E-state index in [4.69, 9.17) is 4.74 Å². The molecule has 0 unspecified atom stereocenters. The van der Waals surface area contributed by atoms with Crippen molar-refractivity contribution < 1.29 is 13.9 Å². The fourth-order valence-electron chi connectivity index (χ4n) is 2.61. The number of rotatable bonds is 3. The molecule has 1 aromatic heterocycles. The first-order valence-electron chi connectivity index (χ1n) is 7.47. The first kappa shape index (κ1) is 14.8. The van der Waals surface area contributed by atoms with E-state index in [9.17, 15) is 9.18 Å². The molecular weight excluding hydrogens is 327 g/mol. The Kier molecular flexibility index (Phi) is 3.74. The van der Waals surface area contributed by atoms with Gasteiger partial charge in [0.05, 0.1) is 12.3 Å². The number of aromatic nitrogens is 1. The van der Waals surface area contributed by atoms with Crippen molar-refractivity contribution in [1.29, 1.82) is 0 Å². The third-order valence-electron chi connectivity index (χ3n) is 3.80. The number of fused-ring (bicyclic) bond motifs is 1. The first-order valence-corrected chi connectivity index (χ1v) is 8.35. The van der Waals surface area contributed by atoms with Gasteiger partial charge in [0.2, 0.25) is 0 Å². The summed E-state index contributed by atoms with van der Waals surface area (Å²) >= 11 is 1.34. The molecular formula is C18H13FN2O2S. The number of carbonyl (C=O) groups excluding carboxylic acids is 1. The highest BCUT2D eigenvalue weighted by Gasteiger charge is 2.15. The SMILES string of the molecule is O=C(Nc1nc(-c2ccc3c(c2)CCO3)cs1)c1cccc(F)c1. The van der Waals surface area contributed by atoms with E-state index in [1.54, 1.807) is 6.07 Å². The van der Waals surface area contributed by atoms with Crippen molar-refractivity contribution in [2.24, 2.45) is 0 Å². The molecule has 0 spiro atoms. The topological polar surface area (TPSA) is 51.2 Å². The Morgan fingerprint density at radius 3 is 3.04 bits per heavy atom. The Bertz CT molecular complexity index is 923. The standard InChI is InChI=1S/C18H13FN2O2S/c19-14-3-1-2-13(9-14)17(22)21-18-20-15(10-24-18)11-4-5-16-12(8-11)6-7-23-16/h1-5,8-10H,6-7H2,(H,20,21,22). The Labute approximate surface area is 141 Å². The van der Waals surface area contributed by atoms with Gasteiger partial charge in [-0.25, -0.2) is 9.37 Å². The zero-order chi connectivity index (χ0) is 16.5. The molecule has 0 atom stereocenters. The maximum Gasteiger partial charge on any atom is 0.257 e. The van der Waals surface area contributed by atoms with E-state index < -0.39 is 5.82 Å². The van der Waals surface area contributed by atoms with Gasteiger partial charge in [-0.15, -0.1) is 11.3 Å². The van der Waals surface area contributed by atoms with Crippen molar-refractivity contribution in [1.82, 2.24) is 4.98 Å². The van der Waals surface area contributed by atoms with Crippen LogP contribution in [0.1, 0.15) is 15.9 Å². The van der Waals surface area contributed by atoms with E-state index in [0.717, 1.165) is 23.4 Å². The Morgan fingerprint density at radius 2 is 2.17 bits per heavy atom. The fraction of sp³-hybridized carbons (Fsp3) is 0.111. The molecule has 0 saturated carbocycles. The molecule has 0 radical (unpaired) electrons. The summed E-state index contributed by atoms with van der Waals surface area (Å²) in [6.45, 7) is 0.713. The lowest BCUT2D eigenvalue weighted by atomic mass is 10.1. The Balaban J connectivity index is 1.53. The summed E-state index contributed by atoms with van der Waals surface area (Å²) in [5, 5.41) is 5.08. The molecule has 1 amide bonds. The van der Waals surface area contributed by atoms with Crippen molar-refractivity contribution >= 4 is 22.4 Å². The van der Waals surface area contributed by atoms with Gasteiger partial charge in [0.15, 0.2) is 5.13 Å². The predicted octanol–water partition coefficient (Wildman–Crippen LogP) is 4.14. The summed E-state index contributed by atoms with van der Waals surface area (Å²) in [4.78, 5) is 16.6. The average molecular weight is 340 g/mol. The number of nitrogens with zero attached hydrogens (tertiary/aromatic N) is 1. The first-order chi connectivity index (χ1) is 11.7. The van der Waals surface area contributed by atoms with Crippen LogP contribution in [-0.2, 0) is 6.42 Å². The van der Waals surface area contributed by atoms with Gasteiger partial charge in [-0.2, -0.15) is 0 Å². The van der Waals surface area contributed by atoms with Crippen LogP contribution in [0.2, 0.25) is 0 Å². The van der Waals surface area contributed by atoms with Crippen LogP contribution in [0.3, 0.4) is 0 Å². The molecule has 120 valence electrons. The third kappa shape index (κ3) is 2.88. The molecule has 1 N–H and O–H groups in total. The van der Waals surface area contributed by atoms with Crippen LogP contribution >= 0.6 is 11.3 Å². The quantitative estimate of drug-likeness (QED) is 0.780. The summed E-state index contributed by atoms with van der Waals surface area (Å²) in [5.41, 5.74) is 3.22. The zero-order valence-corrected chi connectivity index (χ0v) is 13.4. The lowest BCUT2D eigenvalue weighted by Crippen LogP contribution is -2.11. The summed E-state index contributed by atoms with van der Waals surface area (Å²) in [6, 6.07) is 11.5. The maximum atomic E-state index is 13.2. The molecule has 2 aromatic carbocycles. The van der Waals surface area contributed by atoms with E-state index in [1.165, 1.54) is 35.1 Å². The number of nitrogens with one attached hydrogen (secondary N) is 1. The van der Waals surface area contributed by atoms with Gasteiger partial charge < -0.3 is 4.74 Å².